The second-order valence-corrected chi connectivity index (χ2v) is 7.31. The lowest BCUT2D eigenvalue weighted by atomic mass is 9.97. The van der Waals surface area contributed by atoms with Crippen molar-refractivity contribution in [2.75, 3.05) is 36.0 Å². The summed E-state index contributed by atoms with van der Waals surface area (Å²) in [6.45, 7) is 3.46. The van der Waals surface area contributed by atoms with Gasteiger partial charge >= 0.3 is 6.18 Å². The zero-order valence-electron chi connectivity index (χ0n) is 15.3. The van der Waals surface area contributed by atoms with E-state index in [0.29, 0.717) is 12.4 Å². The van der Waals surface area contributed by atoms with E-state index in [2.05, 4.69) is 24.8 Å². The Hall–Kier alpha value is -2.32. The number of alkyl halides is 3. The van der Waals surface area contributed by atoms with Gasteiger partial charge in [-0.2, -0.15) is 13.2 Å². The van der Waals surface area contributed by atoms with E-state index in [-0.39, 0.29) is 5.92 Å². The maximum Gasteiger partial charge on any atom is 0.434 e. The van der Waals surface area contributed by atoms with Crippen LogP contribution in [0, 0.1) is 0 Å². The summed E-state index contributed by atoms with van der Waals surface area (Å²) in [7, 11) is 1.63. The molecule has 4 rings (SSSR count). The first-order chi connectivity index (χ1) is 12.9. The third-order valence-electron chi connectivity index (χ3n) is 5.38. The smallest absolute Gasteiger partial charge is 0.356 e. The van der Waals surface area contributed by atoms with Crippen LogP contribution in [0.2, 0.25) is 0 Å². The number of rotatable bonds is 3. The van der Waals surface area contributed by atoms with Gasteiger partial charge in [-0.3, -0.25) is 0 Å². The van der Waals surface area contributed by atoms with Gasteiger partial charge in [0.2, 0.25) is 0 Å². The van der Waals surface area contributed by atoms with Crippen molar-refractivity contribution >= 4 is 11.6 Å². The van der Waals surface area contributed by atoms with Gasteiger partial charge in [0.05, 0.1) is 0 Å². The predicted molar refractivity (Wildman–Crippen MR) is 95.9 cm³/mol. The number of aryl methyl sites for hydroxylation is 1. The van der Waals surface area contributed by atoms with E-state index in [1.165, 1.54) is 17.4 Å². The molecular weight excluding hydrogens is 357 g/mol. The fourth-order valence-electron chi connectivity index (χ4n) is 4.02. The van der Waals surface area contributed by atoms with Crippen LogP contribution < -0.4 is 9.80 Å². The van der Waals surface area contributed by atoms with Gasteiger partial charge in [-0.1, -0.05) is 0 Å². The minimum atomic E-state index is -4.42. The van der Waals surface area contributed by atoms with Gasteiger partial charge in [-0.15, -0.1) is 0 Å². The molecule has 0 radical (unpaired) electrons. The van der Waals surface area contributed by atoms with Crippen LogP contribution >= 0.6 is 0 Å². The van der Waals surface area contributed by atoms with Gasteiger partial charge in [-0.05, 0) is 25.7 Å². The molecule has 2 fully saturated rings. The molecular formula is C18H23F3N6. The summed E-state index contributed by atoms with van der Waals surface area (Å²) in [4.78, 5) is 17.1. The molecule has 0 saturated carbocycles. The molecule has 0 bridgehead atoms. The molecule has 1 unspecified atom stereocenters. The Kier molecular flexibility index (Phi) is 4.69. The average Bonchev–Trinajstić information content (AvgIpc) is 3.31. The topological polar surface area (TPSA) is 50.1 Å². The van der Waals surface area contributed by atoms with Gasteiger partial charge in [-0.25, -0.2) is 15.0 Å². The fraction of sp³-hybridized carbons (Fsp3) is 0.611. The van der Waals surface area contributed by atoms with Crippen LogP contribution in [0.3, 0.4) is 0 Å². The Morgan fingerprint density at radius 3 is 2.33 bits per heavy atom. The maximum absolute atomic E-state index is 13.0. The minimum absolute atomic E-state index is 0.0509. The zero-order chi connectivity index (χ0) is 19.0. The van der Waals surface area contributed by atoms with Crippen molar-refractivity contribution in [2.24, 2.45) is 7.05 Å². The summed E-state index contributed by atoms with van der Waals surface area (Å²) in [6.07, 6.45) is 2.30. The number of imidazole rings is 1. The molecule has 6 nitrogen and oxygen atoms in total. The highest BCUT2D eigenvalue weighted by Crippen LogP contribution is 2.33. The molecule has 4 heterocycles. The monoisotopic (exact) mass is 380 g/mol. The minimum Gasteiger partial charge on any atom is -0.356 e. The van der Waals surface area contributed by atoms with Gasteiger partial charge in [0.25, 0.3) is 0 Å². The molecule has 1 atom stereocenters. The van der Waals surface area contributed by atoms with Crippen molar-refractivity contribution < 1.29 is 13.2 Å². The van der Waals surface area contributed by atoms with E-state index in [1.807, 2.05) is 6.07 Å². The molecule has 0 aromatic carbocycles. The van der Waals surface area contributed by atoms with Crippen molar-refractivity contribution in [2.45, 2.75) is 37.8 Å². The van der Waals surface area contributed by atoms with E-state index < -0.39 is 11.9 Å². The molecule has 9 heteroatoms. The highest BCUT2D eigenvalue weighted by Gasteiger charge is 2.36. The summed E-state index contributed by atoms with van der Waals surface area (Å²) in [5, 5.41) is 0. The molecule has 2 aromatic rings. The summed E-state index contributed by atoms with van der Waals surface area (Å²) >= 11 is 0. The summed E-state index contributed by atoms with van der Waals surface area (Å²) in [5.74, 6) is 2.20. The number of hydrogen-bond acceptors (Lipinski definition) is 5. The summed E-state index contributed by atoms with van der Waals surface area (Å²) in [6, 6.07) is 1.99. The van der Waals surface area contributed by atoms with E-state index >= 15 is 0 Å². The molecule has 0 amide bonds. The van der Waals surface area contributed by atoms with Gasteiger partial charge in [0.15, 0.2) is 5.69 Å². The number of nitrogens with zero attached hydrogens (tertiary/aromatic N) is 6. The molecule has 0 aliphatic carbocycles. The lowest BCUT2D eigenvalue weighted by Crippen LogP contribution is -2.36. The van der Waals surface area contributed by atoms with Gasteiger partial charge < -0.3 is 14.4 Å². The first-order valence-corrected chi connectivity index (χ1v) is 9.34. The second-order valence-electron chi connectivity index (χ2n) is 7.31. The largest absolute Gasteiger partial charge is 0.434 e. The molecule has 0 spiro atoms. The zero-order valence-corrected chi connectivity index (χ0v) is 15.3. The molecule has 0 N–H and O–H groups in total. The first kappa shape index (κ1) is 18.1. The van der Waals surface area contributed by atoms with E-state index in [9.17, 15) is 13.2 Å². The molecule has 2 aliphatic heterocycles. The van der Waals surface area contributed by atoms with Crippen molar-refractivity contribution in [3.05, 3.63) is 30.1 Å². The number of halogens is 3. The molecule has 2 saturated heterocycles. The molecule has 2 aromatic heterocycles. The van der Waals surface area contributed by atoms with Crippen LogP contribution in [-0.4, -0.2) is 45.7 Å². The van der Waals surface area contributed by atoms with Gasteiger partial charge in [0, 0.05) is 51.4 Å². The number of anilines is 2. The first-order valence-electron chi connectivity index (χ1n) is 9.34. The van der Waals surface area contributed by atoms with Crippen molar-refractivity contribution in [3.8, 4) is 0 Å². The van der Waals surface area contributed by atoms with Crippen LogP contribution in [-0.2, 0) is 13.2 Å². The van der Waals surface area contributed by atoms with Crippen LogP contribution in [0.4, 0.5) is 24.8 Å². The van der Waals surface area contributed by atoms with Crippen molar-refractivity contribution in [1.29, 1.82) is 0 Å². The lowest BCUT2D eigenvalue weighted by molar-refractivity contribution is -0.141. The summed E-state index contributed by atoms with van der Waals surface area (Å²) < 4.78 is 40.4. The van der Waals surface area contributed by atoms with E-state index in [4.69, 9.17) is 0 Å². The Balaban J connectivity index is 1.53. The Labute approximate surface area is 156 Å². The third kappa shape index (κ3) is 3.72. The normalized spacial score (nSPS) is 21.1. The van der Waals surface area contributed by atoms with Crippen LogP contribution in [0.25, 0.3) is 0 Å². The number of aromatic nitrogens is 4. The average molecular weight is 380 g/mol. The van der Waals surface area contributed by atoms with Crippen molar-refractivity contribution in [3.63, 3.8) is 0 Å². The van der Waals surface area contributed by atoms with Crippen LogP contribution in [0.15, 0.2) is 18.6 Å². The Morgan fingerprint density at radius 2 is 1.67 bits per heavy atom. The van der Waals surface area contributed by atoms with Gasteiger partial charge in [0.1, 0.15) is 23.8 Å². The number of piperidine rings is 1. The van der Waals surface area contributed by atoms with Crippen LogP contribution in [0.1, 0.15) is 43.1 Å². The lowest BCUT2D eigenvalue weighted by Gasteiger charge is -2.33. The highest BCUT2D eigenvalue weighted by atomic mass is 19.4. The summed E-state index contributed by atoms with van der Waals surface area (Å²) in [5.41, 5.74) is -0.824. The third-order valence-corrected chi connectivity index (χ3v) is 5.38. The molecule has 2 aliphatic rings. The molecule has 27 heavy (non-hydrogen) atoms. The quantitative estimate of drug-likeness (QED) is 0.818. The maximum atomic E-state index is 13.0. The van der Waals surface area contributed by atoms with Crippen LogP contribution in [0.5, 0.6) is 0 Å². The van der Waals surface area contributed by atoms with Crippen molar-refractivity contribution in [1.82, 2.24) is 19.5 Å². The highest BCUT2D eigenvalue weighted by molar-refractivity contribution is 5.51. The standard InChI is InChI=1S/C18H23F3N6/c1-25-11-14(18(19,20)21)24-17(25)13-5-4-8-27(10-13)16-9-15(22-12-23-16)26-6-2-3-7-26/h9,11-13H,2-8,10H2,1H3. The Bertz CT molecular complexity index is 797. The second kappa shape index (κ2) is 7.01. The SMILES string of the molecule is Cn1cc(C(F)(F)F)nc1C1CCCN(c2cc(N3CCCC3)ncn2)C1. The van der Waals surface area contributed by atoms with E-state index in [0.717, 1.165) is 50.3 Å². The Morgan fingerprint density at radius 1 is 1.00 bits per heavy atom. The molecule has 146 valence electrons. The number of hydrogen-bond donors (Lipinski definition) is 0. The van der Waals surface area contributed by atoms with E-state index in [1.54, 1.807) is 13.4 Å². The predicted octanol–water partition coefficient (Wildman–Crippen LogP) is 3.21. The fourth-order valence-corrected chi connectivity index (χ4v) is 4.02.